The van der Waals surface area contributed by atoms with Gasteiger partial charge in [0.15, 0.2) is 23.0 Å². The van der Waals surface area contributed by atoms with Crippen LogP contribution in [0.25, 0.3) is 0 Å². The Hall–Kier alpha value is -4.86. The predicted octanol–water partition coefficient (Wildman–Crippen LogP) is 5.13. The first-order chi connectivity index (χ1) is 20.9. The van der Waals surface area contributed by atoms with Crippen LogP contribution in [0.1, 0.15) is 33.3 Å². The van der Waals surface area contributed by atoms with Crippen molar-refractivity contribution in [2.45, 2.75) is 17.2 Å². The van der Waals surface area contributed by atoms with Gasteiger partial charge in [-0.15, -0.1) is 27.8 Å². The third kappa shape index (κ3) is 3.38. The van der Waals surface area contributed by atoms with Crippen molar-refractivity contribution in [2.24, 2.45) is 0 Å². The van der Waals surface area contributed by atoms with Crippen molar-refractivity contribution >= 4 is 45.8 Å². The molecule has 0 aromatic carbocycles. The number of hydrogen-bond donors (Lipinski definition) is 0. The second-order valence-corrected chi connectivity index (χ2v) is 11.7. The molecule has 0 bridgehead atoms. The Kier molecular flexibility index (Phi) is 5.87. The molecule has 1 fully saturated rings. The van der Waals surface area contributed by atoms with Gasteiger partial charge in [-0.2, -0.15) is 9.47 Å². The van der Waals surface area contributed by atoms with Gasteiger partial charge in [0.2, 0.25) is 11.6 Å². The van der Waals surface area contributed by atoms with Crippen molar-refractivity contribution in [1.29, 1.82) is 0 Å². The first kappa shape index (κ1) is 24.9. The summed E-state index contributed by atoms with van der Waals surface area (Å²) in [6, 6.07) is 12.7. The van der Waals surface area contributed by atoms with Gasteiger partial charge in [0.25, 0.3) is 0 Å². The van der Waals surface area contributed by atoms with Crippen LogP contribution in [-0.4, -0.2) is 39.7 Å². The van der Waals surface area contributed by atoms with E-state index in [0.717, 1.165) is 9.88 Å². The summed E-state index contributed by atoms with van der Waals surface area (Å²) in [6.07, 6.45) is 11.6. The largest absolute Gasteiger partial charge is 0.445 e. The van der Waals surface area contributed by atoms with E-state index >= 15 is 0 Å². The van der Waals surface area contributed by atoms with E-state index in [9.17, 15) is 0 Å². The van der Waals surface area contributed by atoms with Crippen molar-refractivity contribution in [1.82, 2.24) is 39.7 Å². The van der Waals surface area contributed by atoms with Gasteiger partial charge in [-0.1, -0.05) is 11.2 Å². The highest BCUT2D eigenvalue weighted by Crippen LogP contribution is 2.65. The summed E-state index contributed by atoms with van der Waals surface area (Å²) in [5, 5.41) is 20.1. The van der Waals surface area contributed by atoms with Crippen LogP contribution in [0.4, 0.5) is 11.6 Å². The molecule has 1 saturated heterocycles. The Morgan fingerprint density at radius 1 is 0.786 bits per heavy atom. The Morgan fingerprint density at radius 2 is 1.74 bits per heavy atom. The Labute approximate surface area is 250 Å². The number of rotatable bonds is 7. The summed E-state index contributed by atoms with van der Waals surface area (Å²) >= 11 is 4.39. The number of thiazole rings is 1. The molecule has 15 heteroatoms. The second-order valence-electron chi connectivity index (χ2n) is 9.13. The van der Waals surface area contributed by atoms with Crippen LogP contribution in [0.15, 0.2) is 111 Å². The second kappa shape index (κ2) is 9.90. The van der Waals surface area contributed by atoms with Crippen LogP contribution in [0.5, 0.6) is 0 Å². The van der Waals surface area contributed by atoms with Gasteiger partial charge in [-0.05, 0) is 47.2 Å². The lowest BCUT2D eigenvalue weighted by atomic mass is 9.84. The fourth-order valence-electron chi connectivity index (χ4n) is 5.81. The molecule has 1 aliphatic heterocycles. The van der Waals surface area contributed by atoms with Gasteiger partial charge in [-0.25, -0.2) is 19.9 Å². The average molecular weight is 611 g/mol. The zero-order valence-electron chi connectivity index (χ0n) is 21.4. The van der Waals surface area contributed by atoms with Crippen LogP contribution in [0.3, 0.4) is 0 Å². The van der Waals surface area contributed by atoms with Crippen molar-refractivity contribution in [2.75, 3.05) is 9.80 Å². The first-order valence-electron chi connectivity index (χ1n) is 12.7. The maximum absolute atomic E-state index is 6.27. The zero-order valence-corrected chi connectivity index (χ0v) is 23.9. The summed E-state index contributed by atoms with van der Waals surface area (Å²) in [5.74, 6) is 1.87. The summed E-state index contributed by atoms with van der Waals surface area (Å²) in [4.78, 5) is 24.5. The topological polar surface area (TPSA) is 136 Å². The predicted molar refractivity (Wildman–Crippen MR) is 155 cm³/mol. The lowest BCUT2D eigenvalue weighted by molar-refractivity contribution is 0.353. The van der Waals surface area contributed by atoms with Crippen molar-refractivity contribution in [3.8, 4) is 0 Å². The van der Waals surface area contributed by atoms with Crippen LogP contribution in [0, 0.1) is 0 Å². The number of oxazole rings is 1. The molecule has 0 amide bonds. The third-order valence-corrected chi connectivity index (χ3v) is 9.51. The standard InChI is InChI=1S/C27H18N10O2S3/c1-5-20(33-32-10-1)37-26(18-7-16-42-35-18,24-29-8-3-9-30-24)22(23-28-12-17-41-23)36(21-6-13-39-34-21)27(37,19-4-2-15-40-19)25-31-11-14-38-25/h1-17,22H. The normalized spacial score (nSPS) is 22.1. The van der Waals surface area contributed by atoms with E-state index < -0.39 is 17.2 Å². The smallest absolute Gasteiger partial charge is 0.247 e. The molecule has 3 atom stereocenters. The Balaban J connectivity index is 1.64. The van der Waals surface area contributed by atoms with Gasteiger partial charge in [-0.3, -0.25) is 4.90 Å². The molecular weight excluding hydrogens is 593 g/mol. The molecule has 8 heterocycles. The maximum atomic E-state index is 6.27. The van der Waals surface area contributed by atoms with Gasteiger partial charge in [0.05, 0.1) is 16.8 Å². The van der Waals surface area contributed by atoms with Crippen LogP contribution < -0.4 is 9.80 Å². The molecule has 206 valence electrons. The summed E-state index contributed by atoms with van der Waals surface area (Å²) < 4.78 is 16.7. The fourth-order valence-corrected chi connectivity index (χ4v) is 8.06. The van der Waals surface area contributed by atoms with Crippen LogP contribution >= 0.6 is 34.2 Å². The summed E-state index contributed by atoms with van der Waals surface area (Å²) in [7, 11) is 0. The van der Waals surface area contributed by atoms with Crippen molar-refractivity contribution in [3.05, 3.63) is 129 Å². The summed E-state index contributed by atoms with van der Waals surface area (Å²) in [5.41, 5.74) is -1.89. The molecule has 7 aromatic rings. The van der Waals surface area contributed by atoms with Crippen molar-refractivity contribution < 1.29 is 8.94 Å². The van der Waals surface area contributed by atoms with Gasteiger partial charge in [0, 0.05) is 41.6 Å². The molecular formula is C27H18N10O2S3. The van der Waals surface area contributed by atoms with Gasteiger partial charge in [0.1, 0.15) is 23.6 Å². The molecule has 0 aliphatic carbocycles. The monoisotopic (exact) mass is 610 g/mol. The van der Waals surface area contributed by atoms with E-state index in [1.165, 1.54) is 29.1 Å². The minimum absolute atomic E-state index is 0.369. The first-order valence-corrected chi connectivity index (χ1v) is 15.2. The zero-order chi connectivity index (χ0) is 28.0. The van der Waals surface area contributed by atoms with E-state index in [0.29, 0.717) is 29.0 Å². The minimum Gasteiger partial charge on any atom is -0.445 e. The van der Waals surface area contributed by atoms with Crippen LogP contribution in [-0.2, 0) is 11.2 Å². The fraction of sp³-hybridized carbons (Fsp3) is 0.111. The molecule has 0 N–H and O–H groups in total. The van der Waals surface area contributed by atoms with E-state index in [1.54, 1.807) is 54.7 Å². The molecule has 7 aromatic heterocycles. The number of nitrogens with zero attached hydrogens (tertiary/aromatic N) is 10. The Bertz CT molecular complexity index is 1820. The number of thiophene rings is 1. The molecule has 1 aliphatic rings. The maximum Gasteiger partial charge on any atom is 0.247 e. The van der Waals surface area contributed by atoms with E-state index in [2.05, 4.69) is 25.2 Å². The van der Waals surface area contributed by atoms with E-state index in [1.807, 2.05) is 52.5 Å². The number of anilines is 2. The third-order valence-electron chi connectivity index (χ3n) is 7.15. The number of hydrogen-bond acceptors (Lipinski definition) is 15. The number of aromatic nitrogens is 8. The molecule has 0 spiro atoms. The molecule has 0 radical (unpaired) electrons. The molecule has 8 rings (SSSR count). The van der Waals surface area contributed by atoms with E-state index in [4.69, 9.17) is 33.2 Å². The van der Waals surface area contributed by atoms with Crippen molar-refractivity contribution in [3.63, 3.8) is 0 Å². The SMILES string of the molecule is c1cnc(C2(c3ccsn3)C(c3nccs3)N(c3ccon3)C(c3ncco3)(c3cccs3)N2c2cccnn2)nc1. The van der Waals surface area contributed by atoms with Gasteiger partial charge < -0.3 is 13.8 Å². The van der Waals surface area contributed by atoms with Gasteiger partial charge >= 0.3 is 0 Å². The molecule has 12 nitrogen and oxygen atoms in total. The molecule has 3 unspecified atom stereocenters. The average Bonchev–Trinajstić information content (AvgIpc) is 3.89. The molecule has 42 heavy (non-hydrogen) atoms. The highest BCUT2D eigenvalue weighted by Gasteiger charge is 2.74. The summed E-state index contributed by atoms with van der Waals surface area (Å²) in [6.45, 7) is 0. The van der Waals surface area contributed by atoms with Crippen LogP contribution in [0.2, 0.25) is 0 Å². The minimum atomic E-state index is -1.32. The highest BCUT2D eigenvalue weighted by molar-refractivity contribution is 7.10. The highest BCUT2D eigenvalue weighted by atomic mass is 32.1. The Morgan fingerprint density at radius 3 is 2.40 bits per heavy atom. The van der Waals surface area contributed by atoms with E-state index in [-0.39, 0.29) is 0 Å². The quantitative estimate of drug-likeness (QED) is 0.237. The lowest BCUT2D eigenvalue weighted by Crippen LogP contribution is -2.57. The lowest BCUT2D eigenvalue weighted by Gasteiger charge is -2.44. The molecule has 0 saturated carbocycles.